The first-order valence-electron chi connectivity index (χ1n) is 12.4. The third-order valence-corrected chi connectivity index (χ3v) is 6.03. The summed E-state index contributed by atoms with van der Waals surface area (Å²) in [5.41, 5.74) is 4.05. The Morgan fingerprint density at radius 3 is 1.90 bits per heavy atom. The number of allylic oxidation sites excluding steroid dienone is 4. The molecular weight excluding hydrogens is 526 g/mol. The SMILES string of the molecule is CC(=O)NC1=CC(=C(c2cc(C=Nn3nnnc3C)ccc2O)c2cc(C=Nn3nnnc3C)ccc2O)CC=C1. The number of nitrogens with zero attached hydrogens (tertiary/aromatic N) is 10. The molecule has 14 nitrogen and oxygen atoms in total. The van der Waals surface area contributed by atoms with Crippen LogP contribution in [0.4, 0.5) is 0 Å². The van der Waals surface area contributed by atoms with Crippen molar-refractivity contribution in [2.45, 2.75) is 27.2 Å². The van der Waals surface area contributed by atoms with Gasteiger partial charge >= 0.3 is 0 Å². The van der Waals surface area contributed by atoms with E-state index in [0.717, 1.165) is 5.57 Å². The summed E-state index contributed by atoms with van der Waals surface area (Å²) in [5, 5.41) is 55.9. The van der Waals surface area contributed by atoms with E-state index in [1.54, 1.807) is 68.8 Å². The molecule has 206 valence electrons. The largest absolute Gasteiger partial charge is 0.507 e. The molecule has 1 aliphatic rings. The molecule has 2 aromatic carbocycles. The Hall–Kier alpha value is -5.79. The predicted molar refractivity (Wildman–Crippen MR) is 149 cm³/mol. The molecular formula is C27H25N11O3. The average Bonchev–Trinajstić information content (AvgIpc) is 3.56. The summed E-state index contributed by atoms with van der Waals surface area (Å²) in [6.07, 6.45) is 9.11. The lowest BCUT2D eigenvalue weighted by Crippen LogP contribution is -2.19. The van der Waals surface area contributed by atoms with Crippen LogP contribution in [0.3, 0.4) is 0 Å². The molecule has 0 spiro atoms. The molecule has 0 atom stereocenters. The lowest BCUT2D eigenvalue weighted by atomic mass is 9.87. The van der Waals surface area contributed by atoms with Gasteiger partial charge in [0.2, 0.25) is 5.91 Å². The zero-order valence-electron chi connectivity index (χ0n) is 22.3. The number of rotatable bonds is 7. The Morgan fingerprint density at radius 1 is 0.902 bits per heavy atom. The van der Waals surface area contributed by atoms with Gasteiger partial charge < -0.3 is 15.5 Å². The predicted octanol–water partition coefficient (Wildman–Crippen LogP) is 2.23. The van der Waals surface area contributed by atoms with Crippen molar-refractivity contribution in [1.82, 2.24) is 45.9 Å². The molecule has 2 aromatic heterocycles. The van der Waals surface area contributed by atoms with Crippen molar-refractivity contribution in [3.63, 3.8) is 0 Å². The molecule has 0 fully saturated rings. The number of aryl methyl sites for hydroxylation is 2. The molecule has 1 amide bonds. The van der Waals surface area contributed by atoms with E-state index < -0.39 is 0 Å². The zero-order chi connectivity index (χ0) is 28.9. The lowest BCUT2D eigenvalue weighted by Gasteiger charge is -2.19. The minimum atomic E-state index is -0.221. The van der Waals surface area contributed by atoms with E-state index in [9.17, 15) is 15.0 Å². The standard InChI is InChI=1S/C27H25N11O3/c1-16-31-33-35-37(16)28-14-19-7-9-25(40)23(11-19)27(21-5-4-6-22(13-21)30-18(3)39)24-12-20(8-10-26(24)41)15-29-38-17(2)32-34-36-38/h4,6-15,40-41H,5H2,1-3H3,(H,30,39). The van der Waals surface area contributed by atoms with Crippen LogP contribution in [-0.2, 0) is 4.79 Å². The van der Waals surface area contributed by atoms with Gasteiger partial charge in [-0.1, -0.05) is 6.08 Å². The van der Waals surface area contributed by atoms with E-state index >= 15 is 0 Å². The number of amides is 1. The highest BCUT2D eigenvalue weighted by molar-refractivity contribution is 5.93. The Morgan fingerprint density at radius 2 is 1.44 bits per heavy atom. The first-order chi connectivity index (χ1) is 19.8. The van der Waals surface area contributed by atoms with E-state index in [4.69, 9.17) is 0 Å². The number of phenols is 2. The zero-order valence-corrected chi connectivity index (χ0v) is 22.3. The quantitative estimate of drug-likeness (QED) is 0.290. The number of phenolic OH excluding ortho intramolecular Hbond substituents is 2. The van der Waals surface area contributed by atoms with Crippen molar-refractivity contribution in [2.24, 2.45) is 10.2 Å². The Balaban J connectivity index is 1.66. The maximum absolute atomic E-state index is 11.8. The van der Waals surface area contributed by atoms with Gasteiger partial charge in [0.25, 0.3) is 0 Å². The third-order valence-electron chi connectivity index (χ3n) is 6.03. The highest BCUT2D eigenvalue weighted by Crippen LogP contribution is 2.40. The van der Waals surface area contributed by atoms with Crippen molar-refractivity contribution in [3.8, 4) is 11.5 Å². The van der Waals surface area contributed by atoms with E-state index in [-0.39, 0.29) is 17.4 Å². The van der Waals surface area contributed by atoms with E-state index in [1.165, 1.54) is 16.5 Å². The number of carbonyl (C=O) groups excluding carboxylic acids is 1. The van der Waals surface area contributed by atoms with Crippen molar-refractivity contribution < 1.29 is 15.0 Å². The normalized spacial score (nSPS) is 13.2. The summed E-state index contributed by atoms with van der Waals surface area (Å²) < 4.78 is 0. The van der Waals surface area contributed by atoms with Crippen LogP contribution in [0.2, 0.25) is 0 Å². The molecule has 41 heavy (non-hydrogen) atoms. The van der Waals surface area contributed by atoms with Gasteiger partial charge in [-0.05, 0) is 112 Å². The van der Waals surface area contributed by atoms with Gasteiger partial charge in [-0.2, -0.15) is 10.2 Å². The molecule has 3 N–H and O–H groups in total. The molecule has 14 heteroatoms. The topological polar surface area (TPSA) is 181 Å². The third kappa shape index (κ3) is 6.11. The Labute approximate surface area is 233 Å². The average molecular weight is 552 g/mol. The smallest absolute Gasteiger partial charge is 0.221 e. The fraction of sp³-hybridized carbons (Fsp3) is 0.148. The Kier molecular flexibility index (Phi) is 7.54. The number of nitrogens with one attached hydrogen (secondary N) is 1. The molecule has 0 saturated heterocycles. The highest BCUT2D eigenvalue weighted by atomic mass is 16.3. The summed E-state index contributed by atoms with van der Waals surface area (Å²) in [6.45, 7) is 4.87. The summed E-state index contributed by atoms with van der Waals surface area (Å²) in [5.74, 6) is 0.757. The van der Waals surface area contributed by atoms with Crippen LogP contribution >= 0.6 is 0 Å². The van der Waals surface area contributed by atoms with Crippen LogP contribution in [0, 0.1) is 13.8 Å². The number of hydrogen-bond donors (Lipinski definition) is 3. The molecule has 5 rings (SSSR count). The molecule has 4 aromatic rings. The van der Waals surface area contributed by atoms with Crippen LogP contribution < -0.4 is 5.32 Å². The summed E-state index contributed by atoms with van der Waals surface area (Å²) in [6, 6.07) is 9.97. The van der Waals surface area contributed by atoms with Crippen LogP contribution in [-0.4, -0.2) is 69.2 Å². The molecule has 0 aliphatic heterocycles. The maximum atomic E-state index is 11.8. The minimum Gasteiger partial charge on any atom is -0.507 e. The number of benzene rings is 2. The van der Waals surface area contributed by atoms with Crippen LogP contribution in [0.15, 0.2) is 76.1 Å². The van der Waals surface area contributed by atoms with Crippen molar-refractivity contribution in [3.05, 3.63) is 99.8 Å². The van der Waals surface area contributed by atoms with Crippen LogP contribution in [0.1, 0.15) is 47.2 Å². The van der Waals surface area contributed by atoms with Crippen molar-refractivity contribution >= 4 is 23.9 Å². The molecule has 2 heterocycles. The summed E-state index contributed by atoms with van der Waals surface area (Å²) >= 11 is 0. The van der Waals surface area contributed by atoms with Crippen molar-refractivity contribution in [1.29, 1.82) is 0 Å². The number of carbonyl (C=O) groups is 1. The van der Waals surface area contributed by atoms with Gasteiger partial charge in [-0.3, -0.25) is 4.79 Å². The molecule has 0 unspecified atom stereocenters. The molecule has 0 bridgehead atoms. The van der Waals surface area contributed by atoms with Gasteiger partial charge in [-0.15, -0.1) is 19.8 Å². The maximum Gasteiger partial charge on any atom is 0.221 e. The Bertz CT molecular complexity index is 1670. The number of tetrazole rings is 2. The lowest BCUT2D eigenvalue weighted by molar-refractivity contribution is -0.118. The minimum absolute atomic E-state index is 0.0185. The number of hydrogen-bond acceptors (Lipinski definition) is 11. The van der Waals surface area contributed by atoms with E-state index in [2.05, 4.69) is 46.6 Å². The first kappa shape index (κ1) is 26.8. The van der Waals surface area contributed by atoms with Gasteiger partial charge in [0.1, 0.15) is 11.5 Å². The van der Waals surface area contributed by atoms with Gasteiger partial charge in [-0.25, -0.2) is 0 Å². The first-order valence-corrected chi connectivity index (χ1v) is 12.4. The fourth-order valence-electron chi connectivity index (χ4n) is 4.13. The summed E-state index contributed by atoms with van der Waals surface area (Å²) in [4.78, 5) is 14.3. The van der Waals surface area contributed by atoms with Crippen LogP contribution in [0.25, 0.3) is 5.57 Å². The highest BCUT2D eigenvalue weighted by Gasteiger charge is 2.20. The second-order valence-corrected chi connectivity index (χ2v) is 9.06. The van der Waals surface area contributed by atoms with Crippen LogP contribution in [0.5, 0.6) is 11.5 Å². The van der Waals surface area contributed by atoms with E-state index in [0.29, 0.717) is 51.6 Å². The van der Waals surface area contributed by atoms with Gasteiger partial charge in [0, 0.05) is 23.7 Å². The monoisotopic (exact) mass is 551 g/mol. The van der Waals surface area contributed by atoms with Gasteiger partial charge in [0.05, 0.1) is 12.4 Å². The van der Waals surface area contributed by atoms with Gasteiger partial charge in [0.15, 0.2) is 11.6 Å². The molecule has 1 aliphatic carbocycles. The second kappa shape index (κ2) is 11.5. The van der Waals surface area contributed by atoms with E-state index in [1.807, 2.05) is 12.2 Å². The fourth-order valence-corrected chi connectivity index (χ4v) is 4.13. The second-order valence-electron chi connectivity index (χ2n) is 9.06. The number of aromatic hydroxyl groups is 2. The molecule has 0 radical (unpaired) electrons. The summed E-state index contributed by atoms with van der Waals surface area (Å²) in [7, 11) is 0. The van der Waals surface area contributed by atoms with Crippen molar-refractivity contribution in [2.75, 3.05) is 0 Å². The molecule has 0 saturated carbocycles. The number of aromatic nitrogens is 8.